The van der Waals surface area contributed by atoms with Crippen LogP contribution in [0.5, 0.6) is 0 Å². The summed E-state index contributed by atoms with van der Waals surface area (Å²) in [5.41, 5.74) is 0. The Morgan fingerprint density at radius 1 is 1.00 bits per heavy atom. The molecule has 0 heterocycles. The van der Waals surface area contributed by atoms with Crippen molar-refractivity contribution in [1.29, 1.82) is 0 Å². The molecule has 2 saturated carbocycles. The first-order valence-electron chi connectivity index (χ1n) is 8.38. The summed E-state index contributed by atoms with van der Waals surface area (Å²) in [5, 5.41) is 4.38. The first-order valence-corrected chi connectivity index (χ1v) is 8.79. The number of nitrogens with one attached hydrogen (secondary N) is 1. The van der Waals surface area contributed by atoms with E-state index in [1.807, 2.05) is 0 Å². The second-order valence-corrected chi connectivity index (χ2v) is 6.60. The van der Waals surface area contributed by atoms with Crippen molar-refractivity contribution >= 4 is 17.3 Å². The topological polar surface area (TPSA) is 24.5 Å². The van der Waals surface area contributed by atoms with E-state index in [4.69, 9.17) is 17.0 Å². The monoisotopic (exact) mass is 298 g/mol. The fourth-order valence-electron chi connectivity index (χ4n) is 3.70. The number of nitrogens with zero attached hydrogens (tertiary/aromatic N) is 1. The van der Waals surface area contributed by atoms with Crippen LogP contribution in [0.3, 0.4) is 0 Å². The first kappa shape index (κ1) is 16.0. The summed E-state index contributed by atoms with van der Waals surface area (Å²) in [7, 11) is 1.74. The van der Waals surface area contributed by atoms with Crippen LogP contribution in [0.1, 0.15) is 64.2 Å². The minimum atomic E-state index is 0.675. The lowest BCUT2D eigenvalue weighted by molar-refractivity contribution is 0.153. The average molecular weight is 298 g/mol. The summed E-state index contributed by atoms with van der Waals surface area (Å²) in [5.74, 6) is 0. The Morgan fingerprint density at radius 3 is 1.95 bits per heavy atom. The summed E-state index contributed by atoms with van der Waals surface area (Å²) in [6.07, 6.45) is 13.6. The zero-order valence-electron chi connectivity index (χ0n) is 12.9. The Balaban J connectivity index is 1.95. The molecule has 0 amide bonds. The van der Waals surface area contributed by atoms with Crippen LogP contribution in [-0.2, 0) is 4.74 Å². The van der Waals surface area contributed by atoms with Gasteiger partial charge in [-0.15, -0.1) is 0 Å². The summed E-state index contributed by atoms with van der Waals surface area (Å²) in [6, 6.07) is 1.35. The molecular weight excluding hydrogens is 268 g/mol. The number of ether oxygens (including phenoxy) is 1. The van der Waals surface area contributed by atoms with Crippen molar-refractivity contribution in [3.8, 4) is 0 Å². The second-order valence-electron chi connectivity index (χ2n) is 6.22. The van der Waals surface area contributed by atoms with Gasteiger partial charge in [-0.05, 0) is 37.9 Å². The van der Waals surface area contributed by atoms with E-state index in [0.717, 1.165) is 18.3 Å². The van der Waals surface area contributed by atoms with E-state index in [1.54, 1.807) is 7.11 Å². The molecular formula is C16H30N2OS. The number of hydrogen-bond acceptors (Lipinski definition) is 2. The standard InChI is InChI=1S/C16H30N2OS/c1-19-13-12-17-16(20)18(14-8-4-2-5-9-14)15-10-6-3-7-11-15/h14-15H,2-13H2,1H3,(H,17,20). The molecule has 2 fully saturated rings. The highest BCUT2D eigenvalue weighted by atomic mass is 32.1. The van der Waals surface area contributed by atoms with E-state index in [2.05, 4.69) is 10.2 Å². The summed E-state index contributed by atoms with van der Waals surface area (Å²) < 4.78 is 5.12. The molecule has 2 aliphatic rings. The third-order valence-electron chi connectivity index (χ3n) is 4.75. The average Bonchev–Trinajstić information content (AvgIpc) is 2.50. The van der Waals surface area contributed by atoms with Gasteiger partial charge in [0.15, 0.2) is 5.11 Å². The van der Waals surface area contributed by atoms with Gasteiger partial charge in [0.05, 0.1) is 6.61 Å². The van der Waals surface area contributed by atoms with Gasteiger partial charge in [-0.25, -0.2) is 0 Å². The Bertz CT molecular complexity index is 268. The predicted molar refractivity (Wildman–Crippen MR) is 88.1 cm³/mol. The molecule has 2 rings (SSSR count). The van der Waals surface area contributed by atoms with E-state index in [0.29, 0.717) is 12.1 Å². The molecule has 0 aliphatic heterocycles. The highest BCUT2D eigenvalue weighted by molar-refractivity contribution is 7.80. The molecule has 0 saturated heterocycles. The minimum absolute atomic E-state index is 0.675. The molecule has 4 heteroatoms. The van der Waals surface area contributed by atoms with Crippen molar-refractivity contribution in [1.82, 2.24) is 10.2 Å². The molecule has 0 atom stereocenters. The summed E-state index contributed by atoms with van der Waals surface area (Å²) in [6.45, 7) is 1.55. The quantitative estimate of drug-likeness (QED) is 0.620. The zero-order valence-corrected chi connectivity index (χ0v) is 13.7. The molecule has 20 heavy (non-hydrogen) atoms. The SMILES string of the molecule is COCCNC(=S)N(C1CCCCC1)C1CCCCC1. The van der Waals surface area contributed by atoms with Gasteiger partial charge in [0.2, 0.25) is 0 Å². The third kappa shape index (κ3) is 4.59. The molecule has 0 aromatic rings. The molecule has 0 unspecified atom stereocenters. The fourth-order valence-corrected chi connectivity index (χ4v) is 4.10. The largest absolute Gasteiger partial charge is 0.383 e. The van der Waals surface area contributed by atoms with Crippen molar-refractivity contribution in [2.24, 2.45) is 0 Å². The van der Waals surface area contributed by atoms with Gasteiger partial charge in [-0.2, -0.15) is 0 Å². The Hall–Kier alpha value is -0.350. The fraction of sp³-hybridized carbons (Fsp3) is 0.938. The van der Waals surface area contributed by atoms with Gasteiger partial charge in [-0.1, -0.05) is 38.5 Å². The zero-order chi connectivity index (χ0) is 14.2. The van der Waals surface area contributed by atoms with Crippen LogP contribution in [0.25, 0.3) is 0 Å². The lowest BCUT2D eigenvalue weighted by Gasteiger charge is -2.43. The smallest absolute Gasteiger partial charge is 0.169 e. The van der Waals surface area contributed by atoms with E-state index in [9.17, 15) is 0 Å². The first-order chi connectivity index (χ1) is 9.83. The van der Waals surface area contributed by atoms with Crippen LogP contribution >= 0.6 is 12.2 Å². The van der Waals surface area contributed by atoms with Crippen molar-refractivity contribution < 1.29 is 4.74 Å². The van der Waals surface area contributed by atoms with Gasteiger partial charge in [0, 0.05) is 25.7 Å². The molecule has 1 N–H and O–H groups in total. The van der Waals surface area contributed by atoms with E-state index < -0.39 is 0 Å². The Labute approximate surface area is 129 Å². The Morgan fingerprint density at radius 2 is 1.50 bits per heavy atom. The normalized spacial score (nSPS) is 21.6. The highest BCUT2D eigenvalue weighted by Gasteiger charge is 2.30. The van der Waals surface area contributed by atoms with Gasteiger partial charge >= 0.3 is 0 Å². The molecule has 0 spiro atoms. The number of methoxy groups -OCH3 is 1. The molecule has 0 aromatic carbocycles. The van der Waals surface area contributed by atoms with Crippen LogP contribution < -0.4 is 5.32 Å². The van der Waals surface area contributed by atoms with Crippen LogP contribution in [0, 0.1) is 0 Å². The second kappa shape index (κ2) is 8.83. The van der Waals surface area contributed by atoms with E-state index in [1.165, 1.54) is 64.2 Å². The van der Waals surface area contributed by atoms with Gasteiger partial charge in [0.25, 0.3) is 0 Å². The third-order valence-corrected chi connectivity index (χ3v) is 5.11. The maximum absolute atomic E-state index is 5.71. The van der Waals surface area contributed by atoms with Crippen molar-refractivity contribution in [3.05, 3.63) is 0 Å². The van der Waals surface area contributed by atoms with E-state index >= 15 is 0 Å². The molecule has 2 aliphatic carbocycles. The number of thiocarbonyl (C=S) groups is 1. The predicted octanol–water partition coefficient (Wildman–Crippen LogP) is 3.47. The molecule has 0 aromatic heterocycles. The van der Waals surface area contributed by atoms with Gasteiger partial charge in [-0.3, -0.25) is 0 Å². The molecule has 0 radical (unpaired) electrons. The van der Waals surface area contributed by atoms with Crippen LogP contribution in [0.4, 0.5) is 0 Å². The van der Waals surface area contributed by atoms with Crippen molar-refractivity contribution in [2.75, 3.05) is 20.3 Å². The lowest BCUT2D eigenvalue weighted by Crippen LogP contribution is -2.53. The number of hydrogen-bond donors (Lipinski definition) is 1. The van der Waals surface area contributed by atoms with Crippen LogP contribution in [-0.4, -0.2) is 42.4 Å². The maximum atomic E-state index is 5.71. The van der Waals surface area contributed by atoms with Crippen LogP contribution in [0.2, 0.25) is 0 Å². The van der Waals surface area contributed by atoms with Gasteiger partial charge < -0.3 is 15.0 Å². The maximum Gasteiger partial charge on any atom is 0.169 e. The van der Waals surface area contributed by atoms with Crippen LogP contribution in [0.15, 0.2) is 0 Å². The van der Waals surface area contributed by atoms with Gasteiger partial charge in [0.1, 0.15) is 0 Å². The molecule has 0 bridgehead atoms. The lowest BCUT2D eigenvalue weighted by atomic mass is 9.89. The van der Waals surface area contributed by atoms with E-state index in [-0.39, 0.29) is 0 Å². The molecule has 116 valence electrons. The van der Waals surface area contributed by atoms with Crippen molar-refractivity contribution in [3.63, 3.8) is 0 Å². The van der Waals surface area contributed by atoms with Crippen molar-refractivity contribution in [2.45, 2.75) is 76.3 Å². The highest BCUT2D eigenvalue weighted by Crippen LogP contribution is 2.30. The number of rotatable bonds is 5. The Kier molecular flexibility index (Phi) is 7.08. The summed E-state index contributed by atoms with van der Waals surface area (Å²) in [4.78, 5) is 2.57. The molecule has 3 nitrogen and oxygen atoms in total. The summed E-state index contributed by atoms with van der Waals surface area (Å²) >= 11 is 5.71. The minimum Gasteiger partial charge on any atom is -0.383 e.